The summed E-state index contributed by atoms with van der Waals surface area (Å²) in [6.45, 7) is 4.26. The maximum absolute atomic E-state index is 12.7. The SMILES string of the molecule is C=C1CC(C(=O)OC)(C(=O)OC)C[C@@H]1[C@H](c1ccccc1)n1ccc2ccc(Cl)cc21. The third kappa shape index (κ3) is 3.53. The lowest BCUT2D eigenvalue weighted by Crippen LogP contribution is -2.39. The molecule has 1 aliphatic rings. The van der Waals surface area contributed by atoms with Gasteiger partial charge in [-0.1, -0.05) is 60.2 Å². The van der Waals surface area contributed by atoms with Gasteiger partial charge in [-0.3, -0.25) is 9.59 Å². The van der Waals surface area contributed by atoms with Crippen molar-refractivity contribution < 1.29 is 19.1 Å². The molecule has 0 unspecified atom stereocenters. The molecule has 6 heteroatoms. The van der Waals surface area contributed by atoms with Gasteiger partial charge in [-0.2, -0.15) is 0 Å². The van der Waals surface area contributed by atoms with Gasteiger partial charge in [0.1, 0.15) is 0 Å². The Hall–Kier alpha value is -3.05. The fourth-order valence-electron chi connectivity index (χ4n) is 4.83. The number of carbonyl (C=O) groups excluding carboxylic acids is 2. The van der Waals surface area contributed by atoms with Crippen molar-refractivity contribution in [1.29, 1.82) is 0 Å². The van der Waals surface area contributed by atoms with Crippen molar-refractivity contribution in [2.75, 3.05) is 14.2 Å². The van der Waals surface area contributed by atoms with Crippen molar-refractivity contribution in [3.63, 3.8) is 0 Å². The summed E-state index contributed by atoms with van der Waals surface area (Å²) in [4.78, 5) is 25.5. The Balaban J connectivity index is 1.87. The third-order valence-corrected chi connectivity index (χ3v) is 6.52. The van der Waals surface area contributed by atoms with Crippen LogP contribution in [0.1, 0.15) is 24.4 Å². The summed E-state index contributed by atoms with van der Waals surface area (Å²) in [5.41, 5.74) is 1.45. The highest BCUT2D eigenvalue weighted by Gasteiger charge is 2.56. The number of fused-ring (bicyclic) bond motifs is 1. The summed E-state index contributed by atoms with van der Waals surface area (Å²) < 4.78 is 12.2. The van der Waals surface area contributed by atoms with Crippen LogP contribution in [0.5, 0.6) is 0 Å². The monoisotopic (exact) mass is 437 g/mol. The fraction of sp³-hybridized carbons (Fsp3) is 0.280. The molecule has 1 heterocycles. The quantitative estimate of drug-likeness (QED) is 0.313. The van der Waals surface area contributed by atoms with E-state index >= 15 is 0 Å². The lowest BCUT2D eigenvalue weighted by Gasteiger charge is -2.29. The van der Waals surface area contributed by atoms with Gasteiger partial charge < -0.3 is 14.0 Å². The maximum Gasteiger partial charge on any atom is 0.323 e. The Bertz CT molecular complexity index is 1130. The largest absolute Gasteiger partial charge is 0.468 e. The zero-order valence-electron chi connectivity index (χ0n) is 17.5. The molecule has 0 radical (unpaired) electrons. The molecule has 0 bridgehead atoms. The molecule has 3 aromatic rings. The Morgan fingerprint density at radius 2 is 1.77 bits per heavy atom. The molecule has 0 N–H and O–H groups in total. The van der Waals surface area contributed by atoms with Gasteiger partial charge in [0.25, 0.3) is 0 Å². The number of methoxy groups -OCH3 is 2. The van der Waals surface area contributed by atoms with Crippen LogP contribution in [0.4, 0.5) is 0 Å². The number of esters is 2. The molecular formula is C25H24ClNO4. The smallest absolute Gasteiger partial charge is 0.323 e. The molecule has 0 aliphatic heterocycles. The molecule has 1 aliphatic carbocycles. The number of rotatable bonds is 5. The lowest BCUT2D eigenvalue weighted by molar-refractivity contribution is -0.168. The molecule has 0 saturated heterocycles. The first-order chi connectivity index (χ1) is 14.9. The van der Waals surface area contributed by atoms with Crippen molar-refractivity contribution in [2.24, 2.45) is 11.3 Å². The lowest BCUT2D eigenvalue weighted by atomic mass is 9.82. The molecule has 160 valence electrons. The Labute approximate surface area is 186 Å². The van der Waals surface area contributed by atoms with E-state index in [1.807, 2.05) is 60.8 Å². The molecule has 5 nitrogen and oxygen atoms in total. The van der Waals surface area contributed by atoms with Crippen molar-refractivity contribution >= 4 is 34.4 Å². The summed E-state index contributed by atoms with van der Waals surface area (Å²) >= 11 is 6.30. The van der Waals surface area contributed by atoms with Gasteiger partial charge in [0.05, 0.1) is 25.8 Å². The second kappa shape index (κ2) is 8.23. The summed E-state index contributed by atoms with van der Waals surface area (Å²) in [6, 6.07) is 17.6. The number of carbonyl (C=O) groups is 2. The molecule has 0 spiro atoms. The number of halogens is 1. The van der Waals surface area contributed by atoms with E-state index in [0.29, 0.717) is 5.02 Å². The van der Waals surface area contributed by atoms with E-state index in [1.165, 1.54) is 14.2 Å². The van der Waals surface area contributed by atoms with Gasteiger partial charge in [0.15, 0.2) is 5.41 Å². The van der Waals surface area contributed by atoms with Crippen molar-refractivity contribution in [3.05, 3.63) is 83.5 Å². The highest BCUT2D eigenvalue weighted by molar-refractivity contribution is 6.31. The van der Waals surface area contributed by atoms with Gasteiger partial charge in [0.2, 0.25) is 0 Å². The second-order valence-electron chi connectivity index (χ2n) is 7.99. The van der Waals surface area contributed by atoms with Crippen LogP contribution >= 0.6 is 11.6 Å². The maximum atomic E-state index is 12.7. The van der Waals surface area contributed by atoms with Crippen LogP contribution in [0.2, 0.25) is 5.02 Å². The molecule has 2 atom stereocenters. The van der Waals surface area contributed by atoms with Gasteiger partial charge in [-0.15, -0.1) is 0 Å². The van der Waals surface area contributed by atoms with E-state index < -0.39 is 17.4 Å². The number of benzene rings is 2. The zero-order valence-corrected chi connectivity index (χ0v) is 18.3. The number of aromatic nitrogens is 1. The van der Waals surface area contributed by atoms with Crippen molar-refractivity contribution in [2.45, 2.75) is 18.9 Å². The van der Waals surface area contributed by atoms with Crippen LogP contribution in [-0.2, 0) is 19.1 Å². The summed E-state index contributed by atoms with van der Waals surface area (Å²) in [6.07, 6.45) is 2.47. The minimum atomic E-state index is -1.39. The Morgan fingerprint density at radius 3 is 2.42 bits per heavy atom. The molecule has 2 aromatic carbocycles. The molecule has 1 fully saturated rings. The average molecular weight is 438 g/mol. The Kier molecular flexibility index (Phi) is 5.63. The van der Waals surface area contributed by atoms with Crippen LogP contribution in [0.3, 0.4) is 0 Å². The fourth-order valence-corrected chi connectivity index (χ4v) is 5.00. The van der Waals surface area contributed by atoms with Crippen LogP contribution < -0.4 is 0 Å². The van der Waals surface area contributed by atoms with E-state index in [-0.39, 0.29) is 24.8 Å². The first kappa shape index (κ1) is 21.2. The minimum Gasteiger partial charge on any atom is -0.468 e. The number of ether oxygens (including phenoxy) is 2. The normalized spacial score (nSPS) is 18.7. The predicted octanol–water partition coefficient (Wildman–Crippen LogP) is 5.18. The molecule has 1 saturated carbocycles. The number of hydrogen-bond acceptors (Lipinski definition) is 4. The van der Waals surface area contributed by atoms with E-state index in [9.17, 15) is 9.59 Å². The number of allylic oxidation sites excluding steroid dienone is 1. The van der Waals surface area contributed by atoms with E-state index in [4.69, 9.17) is 21.1 Å². The van der Waals surface area contributed by atoms with Gasteiger partial charge in [0, 0.05) is 17.1 Å². The second-order valence-corrected chi connectivity index (χ2v) is 8.43. The standard InChI is InChI=1S/C25H24ClNO4/c1-16-14-25(23(28)30-2,24(29)31-3)15-20(16)22(18-7-5-4-6-8-18)27-12-11-17-9-10-19(26)13-21(17)27/h4-13,20,22H,1,14-15H2,2-3H3/t20-,22-/m0/s1. The number of nitrogens with zero attached hydrogens (tertiary/aromatic N) is 1. The summed E-state index contributed by atoms with van der Waals surface area (Å²) in [5.74, 6) is -1.36. The predicted molar refractivity (Wildman–Crippen MR) is 120 cm³/mol. The zero-order chi connectivity index (χ0) is 22.2. The first-order valence-electron chi connectivity index (χ1n) is 10.1. The molecule has 0 amide bonds. The van der Waals surface area contributed by atoms with Crippen molar-refractivity contribution in [1.82, 2.24) is 4.57 Å². The average Bonchev–Trinajstić information content (AvgIpc) is 3.35. The van der Waals surface area contributed by atoms with Crippen LogP contribution in [0, 0.1) is 11.3 Å². The third-order valence-electron chi connectivity index (χ3n) is 6.28. The summed E-state index contributed by atoms with van der Waals surface area (Å²) in [7, 11) is 2.58. The minimum absolute atomic E-state index is 0.180. The van der Waals surface area contributed by atoms with Crippen LogP contribution in [0.25, 0.3) is 10.9 Å². The van der Waals surface area contributed by atoms with E-state index in [1.54, 1.807) is 0 Å². The topological polar surface area (TPSA) is 57.5 Å². The summed E-state index contributed by atoms with van der Waals surface area (Å²) in [5, 5.41) is 1.70. The highest BCUT2D eigenvalue weighted by Crippen LogP contribution is 2.52. The van der Waals surface area contributed by atoms with Gasteiger partial charge in [-0.25, -0.2) is 0 Å². The first-order valence-corrected chi connectivity index (χ1v) is 10.4. The molecular weight excluding hydrogens is 414 g/mol. The van der Waals surface area contributed by atoms with E-state index in [0.717, 1.165) is 22.0 Å². The van der Waals surface area contributed by atoms with Crippen LogP contribution in [0.15, 0.2) is 72.9 Å². The molecule has 1 aromatic heterocycles. The van der Waals surface area contributed by atoms with Crippen molar-refractivity contribution in [3.8, 4) is 0 Å². The van der Waals surface area contributed by atoms with Crippen LogP contribution in [-0.4, -0.2) is 30.7 Å². The molecule has 31 heavy (non-hydrogen) atoms. The highest BCUT2D eigenvalue weighted by atomic mass is 35.5. The number of hydrogen-bond donors (Lipinski definition) is 0. The van der Waals surface area contributed by atoms with Gasteiger partial charge >= 0.3 is 11.9 Å². The van der Waals surface area contributed by atoms with E-state index in [2.05, 4.69) is 11.1 Å². The van der Waals surface area contributed by atoms with Gasteiger partial charge in [-0.05, 0) is 42.0 Å². The Morgan fingerprint density at radius 1 is 1.10 bits per heavy atom. The molecule has 4 rings (SSSR count).